The van der Waals surface area contributed by atoms with Gasteiger partial charge in [-0.15, -0.1) is 11.8 Å². The van der Waals surface area contributed by atoms with Gasteiger partial charge in [-0.1, -0.05) is 54.1 Å². The lowest BCUT2D eigenvalue weighted by molar-refractivity contribution is -0.119. The molecule has 0 radical (unpaired) electrons. The normalized spacial score (nSPS) is 21.9. The van der Waals surface area contributed by atoms with Gasteiger partial charge >= 0.3 is 0 Å². The molecule has 1 fully saturated rings. The molecule has 0 spiro atoms. The van der Waals surface area contributed by atoms with E-state index in [-0.39, 0.29) is 17.5 Å². The molecule has 1 amide bonds. The Labute approximate surface area is 184 Å². The van der Waals surface area contributed by atoms with Crippen molar-refractivity contribution in [3.8, 4) is 0 Å². The monoisotopic (exact) mass is 430 g/mol. The molecule has 1 aliphatic rings. The highest BCUT2D eigenvalue weighted by Gasteiger charge is 2.37. The summed E-state index contributed by atoms with van der Waals surface area (Å²) in [6.45, 7) is 0. The molecule has 0 bridgehead atoms. The zero-order valence-corrected chi connectivity index (χ0v) is 18.9. The molecular weight excluding hydrogens is 400 g/mol. The first-order valence-electron chi connectivity index (χ1n) is 10.3. The van der Waals surface area contributed by atoms with Crippen LogP contribution in [-0.2, 0) is 17.0 Å². The molecule has 0 atom stereocenters. The number of thioether (sulfide) groups is 1. The maximum absolute atomic E-state index is 12.4. The Balaban J connectivity index is 1.47. The summed E-state index contributed by atoms with van der Waals surface area (Å²) in [6.07, 6.45) is 5.19. The van der Waals surface area contributed by atoms with Crippen LogP contribution >= 0.6 is 23.4 Å². The van der Waals surface area contributed by atoms with Gasteiger partial charge in [-0.05, 0) is 69.5 Å². The van der Waals surface area contributed by atoms with Crippen LogP contribution in [0.25, 0.3) is 0 Å². The zero-order chi connectivity index (χ0) is 20.7. The van der Waals surface area contributed by atoms with Crippen molar-refractivity contribution in [2.75, 3.05) is 19.8 Å². The van der Waals surface area contributed by atoms with Crippen molar-refractivity contribution < 1.29 is 4.79 Å². The molecular formula is C24H31ClN2OS. The van der Waals surface area contributed by atoms with Crippen LogP contribution in [0.2, 0.25) is 5.02 Å². The average molecular weight is 431 g/mol. The number of carbonyl (C=O) groups is 1. The van der Waals surface area contributed by atoms with E-state index >= 15 is 0 Å². The molecule has 0 aromatic heterocycles. The highest BCUT2D eigenvalue weighted by Crippen LogP contribution is 2.36. The van der Waals surface area contributed by atoms with E-state index in [4.69, 9.17) is 11.6 Å². The van der Waals surface area contributed by atoms with E-state index in [1.54, 1.807) is 11.8 Å². The summed E-state index contributed by atoms with van der Waals surface area (Å²) >= 11 is 7.86. The number of nitrogens with one attached hydrogen (secondary N) is 1. The van der Waals surface area contributed by atoms with Crippen LogP contribution in [0, 0.1) is 0 Å². The number of nitrogens with zero attached hydrogens (tertiary/aromatic N) is 1. The van der Waals surface area contributed by atoms with Crippen molar-refractivity contribution in [1.29, 1.82) is 0 Å². The van der Waals surface area contributed by atoms with Crippen LogP contribution in [0.3, 0.4) is 0 Å². The Bertz CT molecular complexity index is 788. The van der Waals surface area contributed by atoms with Gasteiger partial charge in [-0.2, -0.15) is 0 Å². The Morgan fingerprint density at radius 2 is 1.79 bits per heavy atom. The number of carbonyl (C=O) groups excluding carboxylic acids is 1. The third kappa shape index (κ3) is 6.50. The van der Waals surface area contributed by atoms with Gasteiger partial charge < -0.3 is 10.2 Å². The lowest BCUT2D eigenvalue weighted by Crippen LogP contribution is -2.52. The fourth-order valence-corrected chi connectivity index (χ4v) is 5.23. The largest absolute Gasteiger partial charge is 0.353 e. The summed E-state index contributed by atoms with van der Waals surface area (Å²) < 4.78 is 0. The molecule has 156 valence electrons. The molecule has 0 saturated heterocycles. The molecule has 0 unspecified atom stereocenters. The van der Waals surface area contributed by atoms with E-state index in [1.807, 2.05) is 30.3 Å². The molecule has 5 heteroatoms. The third-order valence-corrected chi connectivity index (χ3v) is 7.24. The van der Waals surface area contributed by atoms with Crippen molar-refractivity contribution in [3.05, 3.63) is 70.7 Å². The highest BCUT2D eigenvalue weighted by molar-refractivity contribution is 7.99. The van der Waals surface area contributed by atoms with E-state index < -0.39 is 0 Å². The van der Waals surface area contributed by atoms with Crippen LogP contribution < -0.4 is 5.32 Å². The summed E-state index contributed by atoms with van der Waals surface area (Å²) in [5.74, 6) is 1.55. The molecule has 0 heterocycles. The van der Waals surface area contributed by atoms with E-state index in [0.29, 0.717) is 5.75 Å². The van der Waals surface area contributed by atoms with Gasteiger partial charge in [0.15, 0.2) is 0 Å². The lowest BCUT2D eigenvalue weighted by Gasteiger charge is -2.45. The second-order valence-electron chi connectivity index (χ2n) is 8.25. The first-order valence-corrected chi connectivity index (χ1v) is 11.8. The van der Waals surface area contributed by atoms with Crippen molar-refractivity contribution in [1.82, 2.24) is 10.2 Å². The number of hydrogen-bond acceptors (Lipinski definition) is 3. The Kier molecular flexibility index (Phi) is 8.05. The van der Waals surface area contributed by atoms with E-state index in [1.165, 1.54) is 11.1 Å². The first kappa shape index (κ1) is 22.2. The standard InChI is InChI=1S/C24H31ClN2OS/c1-27(2)24(16-20-9-6-10-21(25)15-20)13-11-22(12-14-24)26-23(28)18-29-17-19-7-4-3-5-8-19/h3-10,15,22H,11-14,16-18H2,1-2H3,(H,26,28). The van der Waals surface area contributed by atoms with Crippen molar-refractivity contribution in [2.24, 2.45) is 0 Å². The van der Waals surface area contributed by atoms with E-state index in [2.05, 4.69) is 48.6 Å². The van der Waals surface area contributed by atoms with Crippen LogP contribution in [0.5, 0.6) is 0 Å². The third-order valence-electron chi connectivity index (χ3n) is 6.00. The molecule has 1 N–H and O–H groups in total. The minimum atomic E-state index is 0.133. The van der Waals surface area contributed by atoms with E-state index in [9.17, 15) is 4.79 Å². The fourth-order valence-electron chi connectivity index (χ4n) is 4.21. The van der Waals surface area contributed by atoms with Gasteiger partial charge in [0, 0.05) is 22.4 Å². The molecule has 3 rings (SSSR count). The molecule has 1 saturated carbocycles. The quantitative estimate of drug-likeness (QED) is 0.626. The highest BCUT2D eigenvalue weighted by atomic mass is 35.5. The average Bonchev–Trinajstić information content (AvgIpc) is 2.70. The van der Waals surface area contributed by atoms with Crippen molar-refractivity contribution in [3.63, 3.8) is 0 Å². The van der Waals surface area contributed by atoms with Gasteiger partial charge in [-0.3, -0.25) is 4.79 Å². The van der Waals surface area contributed by atoms with Crippen LogP contribution in [0.4, 0.5) is 0 Å². The van der Waals surface area contributed by atoms with Crippen molar-refractivity contribution >= 4 is 29.3 Å². The molecule has 0 aliphatic heterocycles. The van der Waals surface area contributed by atoms with Gasteiger partial charge in [0.25, 0.3) is 0 Å². The number of halogens is 1. The minimum absolute atomic E-state index is 0.133. The molecule has 29 heavy (non-hydrogen) atoms. The zero-order valence-electron chi connectivity index (χ0n) is 17.4. The summed E-state index contributed by atoms with van der Waals surface area (Å²) in [5.41, 5.74) is 2.68. The van der Waals surface area contributed by atoms with Gasteiger partial charge in [0.2, 0.25) is 5.91 Å². The Morgan fingerprint density at radius 1 is 1.10 bits per heavy atom. The minimum Gasteiger partial charge on any atom is -0.353 e. The Morgan fingerprint density at radius 3 is 2.45 bits per heavy atom. The van der Waals surface area contributed by atoms with E-state index in [0.717, 1.165) is 42.9 Å². The van der Waals surface area contributed by atoms with Gasteiger partial charge in [-0.25, -0.2) is 0 Å². The molecule has 2 aromatic carbocycles. The fraction of sp³-hybridized carbons (Fsp3) is 0.458. The Hall–Kier alpha value is -1.49. The molecule has 2 aromatic rings. The summed E-state index contributed by atoms with van der Waals surface area (Å²) in [6, 6.07) is 18.8. The van der Waals surface area contributed by atoms with Crippen LogP contribution in [-0.4, -0.2) is 42.2 Å². The molecule has 1 aliphatic carbocycles. The van der Waals surface area contributed by atoms with Crippen LogP contribution in [0.1, 0.15) is 36.8 Å². The number of rotatable bonds is 8. The SMILES string of the molecule is CN(C)C1(Cc2cccc(Cl)c2)CCC(NC(=O)CSCc2ccccc2)CC1. The second-order valence-corrected chi connectivity index (χ2v) is 9.67. The van der Waals surface area contributed by atoms with Gasteiger partial charge in [0.05, 0.1) is 5.75 Å². The topological polar surface area (TPSA) is 32.3 Å². The lowest BCUT2D eigenvalue weighted by atomic mass is 9.75. The first-order chi connectivity index (χ1) is 14.0. The smallest absolute Gasteiger partial charge is 0.230 e. The second kappa shape index (κ2) is 10.5. The predicted octanol–water partition coefficient (Wildman–Crippen LogP) is 5.18. The van der Waals surface area contributed by atoms with Crippen molar-refractivity contribution in [2.45, 2.75) is 49.4 Å². The predicted molar refractivity (Wildman–Crippen MR) is 125 cm³/mol. The van der Waals surface area contributed by atoms with Crippen LogP contribution in [0.15, 0.2) is 54.6 Å². The number of likely N-dealkylation sites (N-methyl/N-ethyl adjacent to an activating group) is 1. The molecule has 3 nitrogen and oxygen atoms in total. The maximum Gasteiger partial charge on any atom is 0.230 e. The maximum atomic E-state index is 12.4. The summed E-state index contributed by atoms with van der Waals surface area (Å²) in [5, 5.41) is 4.05. The number of amides is 1. The summed E-state index contributed by atoms with van der Waals surface area (Å²) in [4.78, 5) is 14.7. The number of hydrogen-bond donors (Lipinski definition) is 1. The van der Waals surface area contributed by atoms with Gasteiger partial charge in [0.1, 0.15) is 0 Å². The number of benzene rings is 2. The summed E-state index contributed by atoms with van der Waals surface area (Å²) in [7, 11) is 4.34.